The Balaban J connectivity index is 2.37. The number of ether oxygens (including phenoxy) is 1. The molecule has 8 nitrogen and oxygen atoms in total. The second kappa shape index (κ2) is 6.47. The molecule has 23 heavy (non-hydrogen) atoms. The highest BCUT2D eigenvalue weighted by Gasteiger charge is 2.25. The van der Waals surface area contributed by atoms with Crippen LogP contribution < -0.4 is 15.4 Å². The lowest BCUT2D eigenvalue weighted by atomic mass is 10.1. The van der Waals surface area contributed by atoms with Crippen molar-refractivity contribution in [1.29, 1.82) is 0 Å². The summed E-state index contributed by atoms with van der Waals surface area (Å²) in [6.07, 6.45) is 1.28. The molecule has 0 radical (unpaired) electrons. The van der Waals surface area contributed by atoms with Crippen molar-refractivity contribution < 1.29 is 9.66 Å². The van der Waals surface area contributed by atoms with E-state index in [2.05, 4.69) is 20.6 Å². The van der Waals surface area contributed by atoms with Crippen molar-refractivity contribution >= 4 is 23.0 Å². The van der Waals surface area contributed by atoms with Crippen LogP contribution in [0.3, 0.4) is 0 Å². The second-order valence-corrected chi connectivity index (χ2v) is 5.91. The van der Waals surface area contributed by atoms with Crippen LogP contribution >= 0.6 is 0 Å². The van der Waals surface area contributed by atoms with Crippen molar-refractivity contribution in [2.75, 3.05) is 17.7 Å². The van der Waals surface area contributed by atoms with Gasteiger partial charge in [-0.2, -0.15) is 0 Å². The minimum absolute atomic E-state index is 0.127. The Labute approximate surface area is 134 Å². The minimum atomic E-state index is -0.500. The lowest BCUT2D eigenvalue weighted by molar-refractivity contribution is -0.383. The van der Waals surface area contributed by atoms with Crippen molar-refractivity contribution in [3.63, 3.8) is 0 Å². The number of benzene rings is 1. The van der Waals surface area contributed by atoms with Gasteiger partial charge in [-0.1, -0.05) is 0 Å². The second-order valence-electron chi connectivity index (χ2n) is 5.91. The van der Waals surface area contributed by atoms with Gasteiger partial charge in [0, 0.05) is 11.2 Å². The van der Waals surface area contributed by atoms with Gasteiger partial charge >= 0.3 is 5.69 Å². The van der Waals surface area contributed by atoms with E-state index in [1.807, 2.05) is 20.8 Å². The first kappa shape index (κ1) is 16.5. The molecule has 1 aromatic carbocycles. The molecule has 122 valence electrons. The van der Waals surface area contributed by atoms with Gasteiger partial charge in [0.25, 0.3) is 0 Å². The van der Waals surface area contributed by atoms with Crippen LogP contribution in [0, 0.1) is 10.1 Å². The van der Waals surface area contributed by atoms with Crippen LogP contribution in [0.25, 0.3) is 0 Å². The number of nitrogens with zero attached hydrogens (tertiary/aromatic N) is 3. The maximum atomic E-state index is 11.4. The molecule has 0 atom stereocenters. The Morgan fingerprint density at radius 3 is 2.26 bits per heavy atom. The van der Waals surface area contributed by atoms with Crippen LogP contribution in [0.15, 0.2) is 30.6 Å². The Bertz CT molecular complexity index is 695. The number of rotatable bonds is 5. The Morgan fingerprint density at radius 1 is 1.13 bits per heavy atom. The third kappa shape index (κ3) is 4.29. The lowest BCUT2D eigenvalue weighted by Crippen LogP contribution is -2.27. The topological polar surface area (TPSA) is 102 Å². The molecule has 8 heteroatoms. The molecule has 0 aliphatic heterocycles. The first-order valence-electron chi connectivity index (χ1n) is 6.99. The van der Waals surface area contributed by atoms with Crippen LogP contribution in [0.5, 0.6) is 5.75 Å². The van der Waals surface area contributed by atoms with Crippen molar-refractivity contribution in [1.82, 2.24) is 9.97 Å². The van der Waals surface area contributed by atoms with Gasteiger partial charge in [0.1, 0.15) is 12.1 Å². The number of hydrogen-bond acceptors (Lipinski definition) is 7. The van der Waals surface area contributed by atoms with Crippen LogP contribution in [0.1, 0.15) is 20.8 Å². The molecule has 0 saturated heterocycles. The molecule has 0 amide bonds. The van der Waals surface area contributed by atoms with Crippen molar-refractivity contribution in [2.45, 2.75) is 26.3 Å². The van der Waals surface area contributed by atoms with Crippen molar-refractivity contribution in [3.8, 4) is 5.75 Å². The van der Waals surface area contributed by atoms with Gasteiger partial charge in [-0.05, 0) is 45.0 Å². The smallest absolute Gasteiger partial charge is 0.353 e. The Morgan fingerprint density at radius 2 is 1.74 bits per heavy atom. The largest absolute Gasteiger partial charge is 0.497 e. The van der Waals surface area contributed by atoms with Gasteiger partial charge in [0.05, 0.1) is 12.0 Å². The summed E-state index contributed by atoms with van der Waals surface area (Å²) >= 11 is 0. The molecule has 0 saturated carbocycles. The molecule has 1 aromatic heterocycles. The zero-order chi connectivity index (χ0) is 17.0. The molecule has 0 bridgehead atoms. The van der Waals surface area contributed by atoms with Gasteiger partial charge < -0.3 is 15.4 Å². The highest BCUT2D eigenvalue weighted by Crippen LogP contribution is 2.32. The molecule has 0 aliphatic rings. The van der Waals surface area contributed by atoms with E-state index in [1.165, 1.54) is 6.33 Å². The quantitative estimate of drug-likeness (QED) is 0.644. The van der Waals surface area contributed by atoms with Crippen LogP contribution in [-0.4, -0.2) is 27.5 Å². The molecule has 2 rings (SSSR count). The number of hydrogen-bond donors (Lipinski definition) is 2. The molecular weight excluding hydrogens is 298 g/mol. The average molecular weight is 317 g/mol. The van der Waals surface area contributed by atoms with Gasteiger partial charge in [-0.15, -0.1) is 0 Å². The van der Waals surface area contributed by atoms with E-state index in [4.69, 9.17) is 4.74 Å². The highest BCUT2D eigenvalue weighted by molar-refractivity contribution is 5.74. The standard InChI is InChI=1S/C15H19N5O3/c1-15(2,3)19-14-12(20(21)22)13(16-9-17-14)18-10-5-7-11(23-4)8-6-10/h5-9H,1-4H3,(H2,16,17,18,19). The fourth-order valence-corrected chi connectivity index (χ4v) is 1.90. The molecule has 1 heterocycles. The fourth-order valence-electron chi connectivity index (χ4n) is 1.90. The van der Waals surface area contributed by atoms with E-state index >= 15 is 0 Å². The van der Waals surface area contributed by atoms with Gasteiger partial charge in [-0.25, -0.2) is 9.97 Å². The maximum Gasteiger partial charge on any atom is 0.353 e. The summed E-state index contributed by atoms with van der Waals surface area (Å²) in [6, 6.07) is 7.01. The van der Waals surface area contributed by atoms with E-state index in [1.54, 1.807) is 31.4 Å². The molecule has 0 unspecified atom stereocenters. The van der Waals surface area contributed by atoms with Gasteiger partial charge in [0.2, 0.25) is 11.6 Å². The molecular formula is C15H19N5O3. The first-order chi connectivity index (χ1) is 10.8. The summed E-state index contributed by atoms with van der Waals surface area (Å²) in [5, 5.41) is 17.4. The zero-order valence-electron chi connectivity index (χ0n) is 13.5. The Hall–Kier alpha value is -2.90. The molecule has 0 spiro atoms. The molecule has 2 aromatic rings. The van der Waals surface area contributed by atoms with E-state index < -0.39 is 4.92 Å². The SMILES string of the molecule is COc1ccc(Nc2ncnc(NC(C)(C)C)c2[N+](=O)[O-])cc1. The monoisotopic (exact) mass is 317 g/mol. The van der Waals surface area contributed by atoms with Crippen LogP contribution in [0.2, 0.25) is 0 Å². The van der Waals surface area contributed by atoms with E-state index in [0.29, 0.717) is 11.4 Å². The van der Waals surface area contributed by atoms with Crippen LogP contribution in [-0.2, 0) is 0 Å². The molecule has 0 aliphatic carbocycles. The normalized spacial score (nSPS) is 11.0. The molecule has 2 N–H and O–H groups in total. The number of aromatic nitrogens is 2. The third-order valence-electron chi connectivity index (χ3n) is 2.85. The van der Waals surface area contributed by atoms with E-state index in [0.717, 1.165) is 0 Å². The number of methoxy groups -OCH3 is 1. The predicted octanol–water partition coefficient (Wildman–Crippen LogP) is 3.35. The van der Waals surface area contributed by atoms with E-state index in [-0.39, 0.29) is 22.9 Å². The van der Waals surface area contributed by atoms with Crippen molar-refractivity contribution in [3.05, 3.63) is 40.7 Å². The third-order valence-corrected chi connectivity index (χ3v) is 2.85. The minimum Gasteiger partial charge on any atom is -0.497 e. The lowest BCUT2D eigenvalue weighted by Gasteiger charge is -2.21. The number of anilines is 3. The summed E-state index contributed by atoms with van der Waals surface area (Å²) < 4.78 is 5.08. The first-order valence-corrected chi connectivity index (χ1v) is 6.99. The molecule has 0 fully saturated rings. The van der Waals surface area contributed by atoms with Gasteiger partial charge in [0.15, 0.2) is 0 Å². The summed E-state index contributed by atoms with van der Waals surface area (Å²) in [5.74, 6) is 0.998. The number of nitrogens with one attached hydrogen (secondary N) is 2. The zero-order valence-corrected chi connectivity index (χ0v) is 13.5. The maximum absolute atomic E-state index is 11.4. The summed E-state index contributed by atoms with van der Waals surface area (Å²) in [6.45, 7) is 5.69. The Kier molecular flexibility index (Phi) is 4.63. The average Bonchev–Trinajstić information content (AvgIpc) is 2.46. The van der Waals surface area contributed by atoms with Gasteiger partial charge in [-0.3, -0.25) is 10.1 Å². The van der Waals surface area contributed by atoms with Crippen molar-refractivity contribution in [2.24, 2.45) is 0 Å². The van der Waals surface area contributed by atoms with E-state index in [9.17, 15) is 10.1 Å². The fraction of sp³-hybridized carbons (Fsp3) is 0.333. The summed E-state index contributed by atoms with van der Waals surface area (Å²) in [5.41, 5.74) is 0.101. The summed E-state index contributed by atoms with van der Waals surface area (Å²) in [7, 11) is 1.57. The number of nitro groups is 1. The van der Waals surface area contributed by atoms with Crippen LogP contribution in [0.4, 0.5) is 23.0 Å². The predicted molar refractivity (Wildman–Crippen MR) is 88.3 cm³/mol. The summed E-state index contributed by atoms with van der Waals surface area (Å²) in [4.78, 5) is 18.9. The highest BCUT2D eigenvalue weighted by atomic mass is 16.6.